The second kappa shape index (κ2) is 8.79. The van der Waals surface area contributed by atoms with Gasteiger partial charge in [-0.05, 0) is 38.8 Å². The molecule has 2 heterocycles. The largest absolute Gasteiger partial charge is 0.467 e. The van der Waals surface area contributed by atoms with E-state index in [-0.39, 0.29) is 18.7 Å². The summed E-state index contributed by atoms with van der Waals surface area (Å²) in [7, 11) is 1.24. The van der Waals surface area contributed by atoms with E-state index >= 15 is 0 Å². The van der Waals surface area contributed by atoms with Gasteiger partial charge in [0.05, 0.1) is 12.6 Å². The molecule has 0 radical (unpaired) electrons. The number of aromatic nitrogens is 1. The van der Waals surface area contributed by atoms with E-state index in [1.54, 1.807) is 39.1 Å². The average Bonchev–Trinajstić information content (AvgIpc) is 3.30. The predicted molar refractivity (Wildman–Crippen MR) is 112 cm³/mol. The molecule has 1 aliphatic heterocycles. The Hall–Kier alpha value is -3.36. The number of nitrogens with one attached hydrogen (secondary N) is 2. The van der Waals surface area contributed by atoms with Crippen LogP contribution >= 0.6 is 0 Å². The normalized spacial score (nSPS) is 17.2. The third kappa shape index (κ3) is 5.22. The van der Waals surface area contributed by atoms with E-state index in [0.717, 1.165) is 5.39 Å². The first-order valence-corrected chi connectivity index (χ1v) is 10.1. The van der Waals surface area contributed by atoms with Gasteiger partial charge in [0.25, 0.3) is 0 Å². The van der Waals surface area contributed by atoms with E-state index in [0.29, 0.717) is 17.5 Å². The Labute approximate surface area is 180 Å². The van der Waals surface area contributed by atoms with Gasteiger partial charge in [-0.25, -0.2) is 9.59 Å². The number of methoxy groups -OCH3 is 1. The fourth-order valence-electron chi connectivity index (χ4n) is 3.51. The molecule has 3 rings (SSSR count). The molecule has 2 aromatic rings. The molecule has 9 heteroatoms. The molecule has 1 saturated heterocycles. The van der Waals surface area contributed by atoms with Crippen molar-refractivity contribution in [2.24, 2.45) is 0 Å². The van der Waals surface area contributed by atoms with Gasteiger partial charge in [0.15, 0.2) is 0 Å². The molecule has 0 unspecified atom stereocenters. The maximum absolute atomic E-state index is 12.7. The summed E-state index contributed by atoms with van der Waals surface area (Å²) >= 11 is 0. The summed E-state index contributed by atoms with van der Waals surface area (Å²) in [6.45, 7) is 5.34. The molecule has 1 aromatic heterocycles. The standard InChI is InChI=1S/C22H27N3O6/c1-22(2,3)31-21(29)25-12-13(14-7-5-6-8-17(14)25)11-16(20(28)30-4)24-19(27)15-9-10-18(26)23-15/h5-8,12,15-16H,9-11H2,1-4H3,(H,23,26)(H,24,27)/t15-,16-/m1/s1. The summed E-state index contributed by atoms with van der Waals surface area (Å²) in [5, 5.41) is 6.00. The molecule has 31 heavy (non-hydrogen) atoms. The SMILES string of the molecule is COC(=O)[C@@H](Cc1cn(C(=O)OC(C)(C)C)c2ccccc12)NC(=O)[C@H]1CCC(=O)N1. The summed E-state index contributed by atoms with van der Waals surface area (Å²) in [4.78, 5) is 49.0. The van der Waals surface area contributed by atoms with Gasteiger partial charge in [-0.15, -0.1) is 0 Å². The number of benzene rings is 1. The van der Waals surface area contributed by atoms with Crippen LogP contribution < -0.4 is 10.6 Å². The van der Waals surface area contributed by atoms with Gasteiger partial charge in [0.2, 0.25) is 11.8 Å². The maximum atomic E-state index is 12.7. The molecule has 0 bridgehead atoms. The van der Waals surface area contributed by atoms with Gasteiger partial charge in [-0.1, -0.05) is 18.2 Å². The van der Waals surface area contributed by atoms with Crippen molar-refractivity contribution in [2.45, 2.75) is 57.7 Å². The second-order valence-electron chi connectivity index (χ2n) is 8.47. The number of nitrogens with zero attached hydrogens (tertiary/aromatic N) is 1. The third-order valence-electron chi connectivity index (χ3n) is 4.92. The van der Waals surface area contributed by atoms with Crippen molar-refractivity contribution < 1.29 is 28.7 Å². The molecular weight excluding hydrogens is 402 g/mol. The van der Waals surface area contributed by atoms with Crippen molar-refractivity contribution in [3.8, 4) is 0 Å². The zero-order chi connectivity index (χ0) is 22.8. The van der Waals surface area contributed by atoms with E-state index in [1.165, 1.54) is 11.7 Å². The Bertz CT molecular complexity index is 1020. The fraction of sp³-hybridized carbons (Fsp3) is 0.455. The molecule has 2 atom stereocenters. The molecule has 0 spiro atoms. The second-order valence-corrected chi connectivity index (χ2v) is 8.47. The summed E-state index contributed by atoms with van der Waals surface area (Å²) in [6, 6.07) is 5.58. The van der Waals surface area contributed by atoms with Crippen LogP contribution in [-0.2, 0) is 30.3 Å². The van der Waals surface area contributed by atoms with E-state index in [2.05, 4.69) is 10.6 Å². The van der Waals surface area contributed by atoms with Crippen molar-refractivity contribution in [1.82, 2.24) is 15.2 Å². The van der Waals surface area contributed by atoms with Crippen molar-refractivity contribution in [3.05, 3.63) is 36.0 Å². The molecule has 2 amide bonds. The zero-order valence-electron chi connectivity index (χ0n) is 18.1. The van der Waals surface area contributed by atoms with Crippen LogP contribution in [0, 0.1) is 0 Å². The highest BCUT2D eigenvalue weighted by molar-refractivity contribution is 5.95. The summed E-state index contributed by atoms with van der Waals surface area (Å²) in [6.07, 6.45) is 1.82. The summed E-state index contributed by atoms with van der Waals surface area (Å²) in [5.74, 6) is -1.26. The Balaban J connectivity index is 1.88. The number of rotatable bonds is 5. The number of carbonyl (C=O) groups is 4. The van der Waals surface area contributed by atoms with Gasteiger partial charge in [-0.2, -0.15) is 0 Å². The van der Waals surface area contributed by atoms with Crippen LogP contribution in [0.15, 0.2) is 30.5 Å². The lowest BCUT2D eigenvalue weighted by molar-refractivity contribution is -0.145. The van der Waals surface area contributed by atoms with Crippen molar-refractivity contribution in [1.29, 1.82) is 0 Å². The number of fused-ring (bicyclic) bond motifs is 1. The Kier molecular flexibility index (Phi) is 6.33. The lowest BCUT2D eigenvalue weighted by atomic mass is 10.0. The first kappa shape index (κ1) is 22.3. The first-order chi connectivity index (χ1) is 14.6. The average molecular weight is 429 g/mol. The monoisotopic (exact) mass is 429 g/mol. The molecule has 166 valence electrons. The van der Waals surface area contributed by atoms with Crippen LogP contribution in [0.1, 0.15) is 39.2 Å². The van der Waals surface area contributed by atoms with Crippen LogP contribution in [0.5, 0.6) is 0 Å². The van der Waals surface area contributed by atoms with Crippen LogP contribution in [0.3, 0.4) is 0 Å². The highest BCUT2D eigenvalue weighted by Gasteiger charge is 2.31. The van der Waals surface area contributed by atoms with Gasteiger partial charge in [0, 0.05) is 24.4 Å². The van der Waals surface area contributed by atoms with Crippen LogP contribution in [-0.4, -0.2) is 53.2 Å². The molecule has 0 saturated carbocycles. The summed E-state index contributed by atoms with van der Waals surface area (Å²) < 4.78 is 11.7. The number of ether oxygens (including phenoxy) is 2. The third-order valence-corrected chi connectivity index (χ3v) is 4.92. The van der Waals surface area contributed by atoms with Gasteiger partial charge in [-0.3, -0.25) is 14.2 Å². The van der Waals surface area contributed by atoms with Crippen molar-refractivity contribution in [2.75, 3.05) is 7.11 Å². The number of amides is 2. The van der Waals surface area contributed by atoms with Crippen molar-refractivity contribution in [3.63, 3.8) is 0 Å². The van der Waals surface area contributed by atoms with Crippen LogP contribution in [0.4, 0.5) is 4.79 Å². The predicted octanol–water partition coefficient (Wildman–Crippen LogP) is 1.90. The highest BCUT2D eigenvalue weighted by Crippen LogP contribution is 2.24. The van der Waals surface area contributed by atoms with Gasteiger partial charge < -0.3 is 20.1 Å². The number of carbonyl (C=O) groups excluding carboxylic acids is 4. The maximum Gasteiger partial charge on any atom is 0.419 e. The minimum atomic E-state index is -0.979. The molecule has 0 aliphatic carbocycles. The minimum absolute atomic E-state index is 0.107. The Morgan fingerprint density at radius 1 is 1.26 bits per heavy atom. The van der Waals surface area contributed by atoms with Gasteiger partial charge >= 0.3 is 12.1 Å². The number of esters is 1. The fourth-order valence-corrected chi connectivity index (χ4v) is 3.51. The topological polar surface area (TPSA) is 116 Å². The Morgan fingerprint density at radius 3 is 2.58 bits per heavy atom. The van der Waals surface area contributed by atoms with Gasteiger partial charge in [0.1, 0.15) is 17.7 Å². The number of hydrogen-bond acceptors (Lipinski definition) is 6. The molecular formula is C22H27N3O6. The Morgan fingerprint density at radius 2 is 1.97 bits per heavy atom. The lowest BCUT2D eigenvalue weighted by Gasteiger charge is -2.20. The zero-order valence-corrected chi connectivity index (χ0v) is 18.1. The molecule has 9 nitrogen and oxygen atoms in total. The first-order valence-electron chi connectivity index (χ1n) is 10.1. The minimum Gasteiger partial charge on any atom is -0.467 e. The smallest absolute Gasteiger partial charge is 0.419 e. The van der Waals surface area contributed by atoms with E-state index in [4.69, 9.17) is 9.47 Å². The molecule has 1 aliphatic rings. The van der Waals surface area contributed by atoms with E-state index in [9.17, 15) is 19.2 Å². The van der Waals surface area contributed by atoms with Crippen LogP contribution in [0.25, 0.3) is 10.9 Å². The summed E-state index contributed by atoms with van der Waals surface area (Å²) in [5.41, 5.74) is 0.633. The van der Waals surface area contributed by atoms with E-state index in [1.807, 2.05) is 12.1 Å². The van der Waals surface area contributed by atoms with Crippen LogP contribution in [0.2, 0.25) is 0 Å². The molecule has 1 fully saturated rings. The highest BCUT2D eigenvalue weighted by atomic mass is 16.6. The molecule has 1 aromatic carbocycles. The van der Waals surface area contributed by atoms with Crippen molar-refractivity contribution >= 4 is 34.8 Å². The number of hydrogen-bond donors (Lipinski definition) is 2. The lowest BCUT2D eigenvalue weighted by Crippen LogP contribution is -2.49. The van der Waals surface area contributed by atoms with E-state index < -0.39 is 35.7 Å². The molecule has 2 N–H and O–H groups in total. The quantitative estimate of drug-likeness (QED) is 0.702. The number of para-hydroxylation sites is 1.